The van der Waals surface area contributed by atoms with Crippen LogP contribution in [0.4, 0.5) is 23.7 Å². The number of urea groups is 1. The number of anilines is 1. The quantitative estimate of drug-likeness (QED) is 0.828. The first-order valence-electron chi connectivity index (χ1n) is 9.91. The van der Waals surface area contributed by atoms with E-state index in [4.69, 9.17) is 0 Å². The highest BCUT2D eigenvalue weighted by molar-refractivity contribution is 5.74. The van der Waals surface area contributed by atoms with Gasteiger partial charge in [0.1, 0.15) is 0 Å². The van der Waals surface area contributed by atoms with Crippen molar-refractivity contribution in [3.63, 3.8) is 0 Å². The Bertz CT molecular complexity index is 632. The number of para-hydroxylation sites is 1. The average Bonchev–Trinajstić information content (AvgIpc) is 3.12. The molecule has 0 aliphatic carbocycles. The van der Waals surface area contributed by atoms with Gasteiger partial charge in [0.15, 0.2) is 0 Å². The lowest BCUT2D eigenvalue weighted by Crippen LogP contribution is -2.49. The van der Waals surface area contributed by atoms with Gasteiger partial charge in [-0.25, -0.2) is 4.79 Å². The van der Waals surface area contributed by atoms with Crippen LogP contribution >= 0.6 is 0 Å². The monoisotopic (exact) mass is 398 g/mol. The standard InChI is InChI=1S/C20H29F3N4O/c1-25(17-5-3-2-4-6-17)18-8-11-27(12-9-18)19(28)24-13-16-7-10-26(14-16)15-20(21,22)23/h2-6,16,18H,7-15H2,1H3,(H,24,28). The number of benzene rings is 1. The molecule has 2 saturated heterocycles. The van der Waals surface area contributed by atoms with Crippen molar-refractivity contribution in [3.05, 3.63) is 30.3 Å². The van der Waals surface area contributed by atoms with Crippen LogP contribution in [0.15, 0.2) is 30.3 Å². The Kier molecular flexibility index (Phi) is 6.69. The summed E-state index contributed by atoms with van der Waals surface area (Å²) < 4.78 is 37.4. The first-order valence-corrected chi connectivity index (χ1v) is 9.91. The van der Waals surface area contributed by atoms with E-state index in [0.29, 0.717) is 45.2 Å². The summed E-state index contributed by atoms with van der Waals surface area (Å²) in [6.45, 7) is 1.80. The number of rotatable bonds is 5. The molecule has 1 atom stereocenters. The molecule has 0 saturated carbocycles. The lowest BCUT2D eigenvalue weighted by atomic mass is 10.0. The van der Waals surface area contributed by atoms with Gasteiger partial charge in [-0.15, -0.1) is 0 Å². The Labute approximate surface area is 164 Å². The fourth-order valence-electron chi connectivity index (χ4n) is 4.15. The lowest BCUT2D eigenvalue weighted by molar-refractivity contribution is -0.143. The van der Waals surface area contributed by atoms with Gasteiger partial charge in [0.05, 0.1) is 6.54 Å². The number of nitrogens with zero attached hydrogens (tertiary/aromatic N) is 3. The van der Waals surface area contributed by atoms with Crippen LogP contribution in [0.5, 0.6) is 0 Å². The van der Waals surface area contributed by atoms with Gasteiger partial charge in [-0.2, -0.15) is 13.2 Å². The molecule has 2 fully saturated rings. The third-order valence-corrected chi connectivity index (χ3v) is 5.78. The van der Waals surface area contributed by atoms with Crippen molar-refractivity contribution in [1.82, 2.24) is 15.1 Å². The van der Waals surface area contributed by atoms with E-state index in [-0.39, 0.29) is 11.9 Å². The molecule has 2 amide bonds. The Morgan fingerprint density at radius 1 is 1.14 bits per heavy atom. The molecule has 5 nitrogen and oxygen atoms in total. The van der Waals surface area contributed by atoms with Crippen LogP contribution in [0.1, 0.15) is 19.3 Å². The summed E-state index contributed by atoms with van der Waals surface area (Å²) in [4.78, 5) is 17.9. The normalized spacial score (nSPS) is 21.7. The van der Waals surface area contributed by atoms with Gasteiger partial charge in [-0.1, -0.05) is 18.2 Å². The predicted octanol–water partition coefficient (Wildman–Crippen LogP) is 3.18. The maximum Gasteiger partial charge on any atom is 0.401 e. The third-order valence-electron chi connectivity index (χ3n) is 5.78. The summed E-state index contributed by atoms with van der Waals surface area (Å²) >= 11 is 0. The maximum absolute atomic E-state index is 12.5. The highest BCUT2D eigenvalue weighted by atomic mass is 19.4. The van der Waals surface area contributed by atoms with Gasteiger partial charge in [0.2, 0.25) is 0 Å². The van der Waals surface area contributed by atoms with Gasteiger partial charge in [-0.3, -0.25) is 4.90 Å². The van der Waals surface area contributed by atoms with Crippen LogP contribution in [0.3, 0.4) is 0 Å². The number of halogens is 3. The lowest BCUT2D eigenvalue weighted by Gasteiger charge is -2.38. The van der Waals surface area contributed by atoms with Crippen LogP contribution in [-0.4, -0.2) is 74.4 Å². The summed E-state index contributed by atoms with van der Waals surface area (Å²) in [5, 5.41) is 2.92. The molecule has 0 bridgehead atoms. The van der Waals surface area contributed by atoms with Crippen LogP contribution in [0.2, 0.25) is 0 Å². The SMILES string of the molecule is CN(c1ccccc1)C1CCN(C(=O)NCC2CCN(CC(F)(F)F)C2)CC1. The van der Waals surface area contributed by atoms with Gasteiger partial charge in [0, 0.05) is 45.0 Å². The maximum atomic E-state index is 12.5. The minimum Gasteiger partial charge on any atom is -0.371 e. The molecular formula is C20H29F3N4O. The second kappa shape index (κ2) is 9.03. The summed E-state index contributed by atoms with van der Waals surface area (Å²) in [5.74, 6) is 0.0908. The average molecular weight is 398 g/mol. The molecule has 2 aliphatic heterocycles. The van der Waals surface area contributed by atoms with Crippen LogP contribution in [-0.2, 0) is 0 Å². The topological polar surface area (TPSA) is 38.8 Å². The zero-order valence-electron chi connectivity index (χ0n) is 16.3. The number of hydrogen-bond donors (Lipinski definition) is 1. The zero-order chi connectivity index (χ0) is 20.1. The summed E-state index contributed by atoms with van der Waals surface area (Å²) in [7, 11) is 2.09. The van der Waals surface area contributed by atoms with E-state index >= 15 is 0 Å². The van der Waals surface area contributed by atoms with E-state index in [2.05, 4.69) is 29.4 Å². The molecule has 3 rings (SSSR count). The fourth-order valence-corrected chi connectivity index (χ4v) is 4.15. The van der Waals surface area contributed by atoms with Crippen molar-refractivity contribution >= 4 is 11.7 Å². The summed E-state index contributed by atoms with van der Waals surface area (Å²) in [5.41, 5.74) is 1.18. The number of amides is 2. The minimum absolute atomic E-state index is 0.0908. The molecule has 1 aromatic rings. The van der Waals surface area contributed by atoms with E-state index < -0.39 is 12.7 Å². The Morgan fingerprint density at radius 2 is 1.82 bits per heavy atom. The Balaban J connectivity index is 1.38. The van der Waals surface area contributed by atoms with Crippen LogP contribution < -0.4 is 10.2 Å². The van der Waals surface area contributed by atoms with Crippen LogP contribution in [0.25, 0.3) is 0 Å². The number of nitrogens with one attached hydrogen (secondary N) is 1. The first-order chi connectivity index (χ1) is 13.3. The number of carbonyl (C=O) groups is 1. The second-order valence-corrected chi connectivity index (χ2v) is 7.86. The van der Waals surface area contributed by atoms with Crippen molar-refractivity contribution < 1.29 is 18.0 Å². The number of carbonyl (C=O) groups excluding carboxylic acids is 1. The van der Waals surface area contributed by atoms with Crippen molar-refractivity contribution in [2.45, 2.75) is 31.5 Å². The van der Waals surface area contributed by atoms with E-state index in [9.17, 15) is 18.0 Å². The van der Waals surface area contributed by atoms with E-state index in [1.54, 1.807) is 0 Å². The number of hydrogen-bond acceptors (Lipinski definition) is 3. The number of alkyl halides is 3. The van der Waals surface area contributed by atoms with Gasteiger partial charge < -0.3 is 15.1 Å². The van der Waals surface area contributed by atoms with Crippen molar-refractivity contribution in [2.24, 2.45) is 5.92 Å². The molecule has 1 unspecified atom stereocenters. The number of piperidine rings is 1. The molecule has 0 spiro atoms. The minimum atomic E-state index is -4.16. The summed E-state index contributed by atoms with van der Waals surface area (Å²) in [6, 6.07) is 10.5. The summed E-state index contributed by atoms with van der Waals surface area (Å²) in [6.07, 6.45) is -1.65. The molecule has 2 heterocycles. The van der Waals surface area contributed by atoms with Crippen molar-refractivity contribution in [2.75, 3.05) is 51.2 Å². The Hall–Kier alpha value is -1.96. The fraction of sp³-hybridized carbons (Fsp3) is 0.650. The zero-order valence-corrected chi connectivity index (χ0v) is 16.3. The number of likely N-dealkylation sites (tertiary alicyclic amines) is 2. The van der Waals surface area contributed by atoms with Crippen LogP contribution in [0, 0.1) is 5.92 Å². The third kappa shape index (κ3) is 5.77. The molecular weight excluding hydrogens is 369 g/mol. The smallest absolute Gasteiger partial charge is 0.371 e. The molecule has 1 aromatic carbocycles. The highest BCUT2D eigenvalue weighted by Gasteiger charge is 2.34. The van der Waals surface area contributed by atoms with Gasteiger partial charge in [0.25, 0.3) is 0 Å². The van der Waals surface area contributed by atoms with Gasteiger partial charge in [-0.05, 0) is 43.9 Å². The Morgan fingerprint density at radius 3 is 2.46 bits per heavy atom. The molecule has 8 heteroatoms. The molecule has 28 heavy (non-hydrogen) atoms. The van der Waals surface area contributed by atoms with Gasteiger partial charge >= 0.3 is 12.2 Å². The molecule has 0 radical (unpaired) electrons. The second-order valence-electron chi connectivity index (χ2n) is 7.86. The van der Waals surface area contributed by atoms with Crippen molar-refractivity contribution in [3.8, 4) is 0 Å². The highest BCUT2D eigenvalue weighted by Crippen LogP contribution is 2.23. The largest absolute Gasteiger partial charge is 0.401 e. The van der Waals surface area contributed by atoms with Crippen molar-refractivity contribution in [1.29, 1.82) is 0 Å². The molecule has 156 valence electrons. The van der Waals surface area contributed by atoms with E-state index in [0.717, 1.165) is 12.8 Å². The molecule has 0 aromatic heterocycles. The van der Waals surface area contributed by atoms with E-state index in [1.165, 1.54) is 10.6 Å². The first kappa shape index (κ1) is 20.8. The molecule has 2 aliphatic rings. The van der Waals surface area contributed by atoms with E-state index in [1.807, 2.05) is 23.1 Å². The molecule has 1 N–H and O–H groups in total. The predicted molar refractivity (Wildman–Crippen MR) is 103 cm³/mol.